The summed E-state index contributed by atoms with van der Waals surface area (Å²) in [6.07, 6.45) is 0. The van der Waals surface area contributed by atoms with Crippen molar-refractivity contribution in [3.8, 4) is 11.3 Å². The lowest BCUT2D eigenvalue weighted by atomic mass is 10.1. The zero-order valence-electron chi connectivity index (χ0n) is 14.8. The van der Waals surface area contributed by atoms with Crippen LogP contribution in [0.3, 0.4) is 0 Å². The Labute approximate surface area is 161 Å². The molecule has 0 aliphatic carbocycles. The highest BCUT2D eigenvalue weighted by Gasteiger charge is 2.10. The van der Waals surface area contributed by atoms with Crippen molar-refractivity contribution in [3.63, 3.8) is 0 Å². The van der Waals surface area contributed by atoms with E-state index in [1.807, 2.05) is 49.4 Å². The molecule has 0 atom stereocenters. The van der Waals surface area contributed by atoms with E-state index in [9.17, 15) is 4.79 Å². The van der Waals surface area contributed by atoms with Gasteiger partial charge in [-0.15, -0.1) is 11.8 Å². The van der Waals surface area contributed by atoms with Crippen molar-refractivity contribution in [1.82, 2.24) is 5.16 Å². The van der Waals surface area contributed by atoms with Crippen molar-refractivity contribution >= 4 is 34.3 Å². The van der Waals surface area contributed by atoms with Gasteiger partial charge in [-0.1, -0.05) is 65.3 Å². The van der Waals surface area contributed by atoms with E-state index < -0.39 is 0 Å². The average Bonchev–Trinajstić information content (AvgIpc) is 3.15. The number of carbonyl (C=O) groups excluding carboxylic acids is 1. The predicted molar refractivity (Wildman–Crippen MR) is 110 cm³/mol. The van der Waals surface area contributed by atoms with Crippen molar-refractivity contribution < 1.29 is 9.32 Å². The molecule has 1 N–H and O–H groups in total. The van der Waals surface area contributed by atoms with E-state index in [0.29, 0.717) is 17.3 Å². The topological polar surface area (TPSA) is 55.1 Å². The monoisotopic (exact) mass is 374 g/mol. The molecule has 0 saturated carbocycles. The second-order valence-electron chi connectivity index (χ2n) is 6.29. The van der Waals surface area contributed by atoms with Crippen LogP contribution < -0.4 is 5.32 Å². The number of aryl methyl sites for hydroxylation is 1. The highest BCUT2D eigenvalue weighted by atomic mass is 32.2. The van der Waals surface area contributed by atoms with Crippen LogP contribution in [-0.2, 0) is 4.79 Å². The molecule has 1 amide bonds. The van der Waals surface area contributed by atoms with Crippen molar-refractivity contribution in [2.45, 2.75) is 11.8 Å². The van der Waals surface area contributed by atoms with E-state index >= 15 is 0 Å². The van der Waals surface area contributed by atoms with Crippen molar-refractivity contribution in [1.29, 1.82) is 0 Å². The third kappa shape index (κ3) is 4.20. The number of hydrogen-bond donors (Lipinski definition) is 1. The SMILES string of the molecule is Cc1ccc(-c2cc(NC(=O)CSc3ccc4ccccc4c3)on2)cc1. The fourth-order valence-corrected chi connectivity index (χ4v) is 3.52. The summed E-state index contributed by atoms with van der Waals surface area (Å²) >= 11 is 1.49. The van der Waals surface area contributed by atoms with Crippen LogP contribution in [0.25, 0.3) is 22.0 Å². The fourth-order valence-electron chi connectivity index (χ4n) is 2.77. The first-order chi connectivity index (χ1) is 13.2. The summed E-state index contributed by atoms with van der Waals surface area (Å²) in [6.45, 7) is 2.03. The maximum absolute atomic E-state index is 12.2. The van der Waals surface area contributed by atoms with Crippen molar-refractivity contribution in [2.75, 3.05) is 11.1 Å². The number of benzene rings is 3. The zero-order chi connectivity index (χ0) is 18.6. The highest BCUT2D eigenvalue weighted by molar-refractivity contribution is 8.00. The van der Waals surface area contributed by atoms with E-state index in [1.54, 1.807) is 6.07 Å². The van der Waals surface area contributed by atoms with Crippen molar-refractivity contribution in [2.24, 2.45) is 0 Å². The average molecular weight is 374 g/mol. The molecule has 1 heterocycles. The molecule has 0 spiro atoms. The minimum atomic E-state index is -0.125. The van der Waals surface area contributed by atoms with Crippen LogP contribution in [0.4, 0.5) is 5.88 Å². The Hall–Kier alpha value is -3.05. The molecule has 0 unspecified atom stereocenters. The third-order valence-electron chi connectivity index (χ3n) is 4.21. The molecule has 4 rings (SSSR count). The van der Waals surface area contributed by atoms with Gasteiger partial charge in [0.2, 0.25) is 11.8 Å². The number of nitrogens with zero attached hydrogens (tertiary/aromatic N) is 1. The molecule has 0 aliphatic rings. The number of amides is 1. The lowest BCUT2D eigenvalue weighted by Gasteiger charge is -2.04. The minimum absolute atomic E-state index is 0.125. The molecule has 0 fully saturated rings. The summed E-state index contributed by atoms with van der Waals surface area (Å²) in [5.74, 6) is 0.535. The zero-order valence-corrected chi connectivity index (χ0v) is 15.6. The standard InChI is InChI=1S/C22H18N2O2S/c1-15-6-8-17(9-7-15)20-13-22(26-24-20)23-21(25)14-27-19-11-10-16-4-2-3-5-18(16)12-19/h2-13H,14H2,1H3,(H,23,25). The molecule has 5 heteroatoms. The number of nitrogens with one attached hydrogen (secondary N) is 1. The van der Waals surface area contributed by atoms with Gasteiger partial charge in [0.1, 0.15) is 5.69 Å². The molecule has 0 bridgehead atoms. The molecule has 3 aromatic carbocycles. The van der Waals surface area contributed by atoms with E-state index in [4.69, 9.17) is 4.52 Å². The van der Waals surface area contributed by atoms with Gasteiger partial charge in [-0.25, -0.2) is 0 Å². The summed E-state index contributed by atoms with van der Waals surface area (Å²) in [7, 11) is 0. The minimum Gasteiger partial charge on any atom is -0.338 e. The molecule has 1 aromatic heterocycles. The van der Waals surface area contributed by atoms with Crippen LogP contribution in [0, 0.1) is 6.92 Å². The van der Waals surface area contributed by atoms with Gasteiger partial charge in [-0.2, -0.15) is 0 Å². The predicted octanol–water partition coefficient (Wildman–Crippen LogP) is 5.53. The molecule has 27 heavy (non-hydrogen) atoms. The van der Waals surface area contributed by atoms with Crippen LogP contribution in [0.15, 0.2) is 82.2 Å². The van der Waals surface area contributed by atoms with Gasteiger partial charge in [0.15, 0.2) is 0 Å². The van der Waals surface area contributed by atoms with Gasteiger partial charge in [0.25, 0.3) is 0 Å². The quantitative estimate of drug-likeness (QED) is 0.466. The molecule has 0 radical (unpaired) electrons. The van der Waals surface area contributed by atoms with E-state index in [-0.39, 0.29) is 5.91 Å². The van der Waals surface area contributed by atoms with Gasteiger partial charge in [0, 0.05) is 16.5 Å². The van der Waals surface area contributed by atoms with Crippen molar-refractivity contribution in [3.05, 3.63) is 78.4 Å². The molecule has 134 valence electrons. The number of anilines is 1. The maximum Gasteiger partial charge on any atom is 0.237 e. The molecular formula is C22H18N2O2S. The summed E-state index contributed by atoms with van der Waals surface area (Å²) in [4.78, 5) is 13.3. The molecule has 4 nitrogen and oxygen atoms in total. The first-order valence-corrected chi connectivity index (χ1v) is 9.61. The third-order valence-corrected chi connectivity index (χ3v) is 5.20. The Morgan fingerprint density at radius 1 is 1.00 bits per heavy atom. The Morgan fingerprint density at radius 3 is 2.59 bits per heavy atom. The van der Waals surface area contributed by atoms with E-state index in [1.165, 1.54) is 28.1 Å². The highest BCUT2D eigenvalue weighted by Crippen LogP contribution is 2.25. The van der Waals surface area contributed by atoms with Gasteiger partial charge in [-0.3, -0.25) is 10.1 Å². The summed E-state index contributed by atoms with van der Waals surface area (Å²) in [5.41, 5.74) is 2.84. The fraction of sp³-hybridized carbons (Fsp3) is 0.0909. The van der Waals surface area contributed by atoms with Crippen LogP contribution in [0.1, 0.15) is 5.56 Å². The van der Waals surface area contributed by atoms with Crippen LogP contribution in [0.5, 0.6) is 0 Å². The van der Waals surface area contributed by atoms with E-state index in [0.717, 1.165) is 10.5 Å². The smallest absolute Gasteiger partial charge is 0.237 e. The second-order valence-corrected chi connectivity index (χ2v) is 7.34. The number of carbonyl (C=O) groups is 1. The summed E-state index contributed by atoms with van der Waals surface area (Å²) in [5, 5.41) is 9.15. The Bertz CT molecular complexity index is 1090. The Morgan fingerprint density at radius 2 is 1.78 bits per heavy atom. The molecular weight excluding hydrogens is 356 g/mol. The second kappa shape index (κ2) is 7.68. The van der Waals surface area contributed by atoms with Crippen LogP contribution in [-0.4, -0.2) is 16.8 Å². The number of rotatable bonds is 5. The molecule has 4 aromatic rings. The molecule has 0 aliphatic heterocycles. The molecule has 0 saturated heterocycles. The number of fused-ring (bicyclic) bond motifs is 1. The Kier molecular flexibility index (Phi) is 4.94. The summed E-state index contributed by atoms with van der Waals surface area (Å²) in [6, 6.07) is 24.1. The number of thioether (sulfide) groups is 1. The first-order valence-electron chi connectivity index (χ1n) is 8.62. The van der Waals surface area contributed by atoms with Crippen LogP contribution >= 0.6 is 11.8 Å². The largest absolute Gasteiger partial charge is 0.338 e. The van der Waals surface area contributed by atoms with Gasteiger partial charge >= 0.3 is 0 Å². The van der Waals surface area contributed by atoms with Gasteiger partial charge in [0.05, 0.1) is 5.75 Å². The van der Waals surface area contributed by atoms with Gasteiger partial charge < -0.3 is 4.52 Å². The lowest BCUT2D eigenvalue weighted by molar-refractivity contribution is -0.113. The van der Waals surface area contributed by atoms with Gasteiger partial charge in [-0.05, 0) is 29.8 Å². The van der Waals surface area contributed by atoms with E-state index in [2.05, 4.69) is 34.7 Å². The number of hydrogen-bond acceptors (Lipinski definition) is 4. The Balaban J connectivity index is 1.37. The maximum atomic E-state index is 12.2. The number of aromatic nitrogens is 1. The van der Waals surface area contributed by atoms with Crippen LogP contribution in [0.2, 0.25) is 0 Å². The first kappa shape index (κ1) is 17.4. The lowest BCUT2D eigenvalue weighted by Crippen LogP contribution is -2.13. The normalized spacial score (nSPS) is 10.9. The summed E-state index contributed by atoms with van der Waals surface area (Å²) < 4.78 is 5.24.